The predicted octanol–water partition coefficient (Wildman–Crippen LogP) is 6.31. The maximum atomic E-state index is 14.0. The lowest BCUT2D eigenvalue weighted by Crippen LogP contribution is -2.19. The Morgan fingerprint density at radius 2 is 1.86 bits per heavy atom. The molecule has 0 aliphatic heterocycles. The van der Waals surface area contributed by atoms with Gasteiger partial charge in [-0.1, -0.05) is 46.3 Å². The minimum absolute atomic E-state index is 0.0535. The number of hydrogen-bond acceptors (Lipinski definition) is 5. The summed E-state index contributed by atoms with van der Waals surface area (Å²) in [6, 6.07) is 21.6. The van der Waals surface area contributed by atoms with Crippen LogP contribution in [0, 0.1) is 5.82 Å². The van der Waals surface area contributed by atoms with Gasteiger partial charge in [-0.05, 0) is 54.1 Å². The average Bonchev–Trinajstić information content (AvgIpc) is 3.54. The molecule has 36 heavy (non-hydrogen) atoms. The summed E-state index contributed by atoms with van der Waals surface area (Å²) in [4.78, 5) is 28.5. The van der Waals surface area contributed by atoms with Gasteiger partial charge in [-0.15, -0.1) is 0 Å². The van der Waals surface area contributed by atoms with Gasteiger partial charge >= 0.3 is 5.97 Å². The smallest absolute Gasteiger partial charge is 0.379 e. The zero-order chi connectivity index (χ0) is 25.1. The molecule has 0 bridgehead atoms. The van der Waals surface area contributed by atoms with Crippen LogP contribution in [0.3, 0.4) is 0 Å². The number of H-pyrrole nitrogens is 1. The van der Waals surface area contributed by atoms with Gasteiger partial charge in [-0.2, -0.15) is 5.10 Å². The molecule has 9 heteroatoms. The number of aromatic amines is 1. The number of ether oxygens (including phenoxy) is 1. The van der Waals surface area contributed by atoms with Crippen LogP contribution in [0.2, 0.25) is 0 Å². The highest BCUT2D eigenvalue weighted by atomic mass is 79.9. The first-order valence-corrected chi connectivity index (χ1v) is 11.5. The first-order valence-electron chi connectivity index (χ1n) is 10.7. The molecule has 0 fully saturated rings. The van der Waals surface area contributed by atoms with E-state index >= 15 is 0 Å². The number of nitrogens with one attached hydrogen (secondary N) is 2. The van der Waals surface area contributed by atoms with Crippen molar-refractivity contribution < 1.29 is 23.1 Å². The van der Waals surface area contributed by atoms with E-state index in [1.807, 2.05) is 30.3 Å². The molecule has 0 saturated heterocycles. The minimum atomic E-state index is -0.668. The molecule has 3 aromatic carbocycles. The normalized spacial score (nSPS) is 11.2. The zero-order valence-corrected chi connectivity index (χ0v) is 20.1. The number of hydrazone groups is 1. The number of aromatic nitrogens is 1. The number of halogens is 2. The molecule has 178 valence electrons. The average molecular weight is 546 g/mol. The van der Waals surface area contributed by atoms with Gasteiger partial charge in [0.2, 0.25) is 5.76 Å². The third kappa shape index (κ3) is 4.82. The molecular weight excluding hydrogens is 529 g/mol. The fourth-order valence-corrected chi connectivity index (χ4v) is 4.09. The number of carbonyl (C=O) groups is 2. The van der Waals surface area contributed by atoms with E-state index < -0.39 is 17.7 Å². The first kappa shape index (κ1) is 23.3. The molecule has 0 aliphatic rings. The molecule has 0 unspecified atom stereocenters. The van der Waals surface area contributed by atoms with Crippen molar-refractivity contribution in [3.05, 3.63) is 112 Å². The number of carbonyl (C=O) groups excluding carboxylic acids is 2. The number of furan rings is 1. The third-order valence-electron chi connectivity index (χ3n) is 5.32. The number of esters is 1. The van der Waals surface area contributed by atoms with E-state index in [1.54, 1.807) is 30.3 Å². The van der Waals surface area contributed by atoms with Gasteiger partial charge < -0.3 is 14.1 Å². The number of hydrogen-bond donors (Lipinski definition) is 2. The highest BCUT2D eigenvalue weighted by molar-refractivity contribution is 9.10. The van der Waals surface area contributed by atoms with Gasteiger partial charge in [0.05, 0.1) is 12.5 Å². The molecule has 5 aromatic rings. The summed E-state index contributed by atoms with van der Waals surface area (Å²) >= 11 is 3.38. The Balaban J connectivity index is 1.42. The van der Waals surface area contributed by atoms with Crippen molar-refractivity contribution in [2.24, 2.45) is 5.10 Å². The van der Waals surface area contributed by atoms with E-state index in [2.05, 4.69) is 31.4 Å². The van der Waals surface area contributed by atoms with Crippen LogP contribution in [0.5, 0.6) is 5.75 Å². The van der Waals surface area contributed by atoms with Gasteiger partial charge in [-0.25, -0.2) is 14.6 Å². The monoisotopic (exact) mass is 545 g/mol. The predicted molar refractivity (Wildman–Crippen MR) is 137 cm³/mol. The molecule has 2 N–H and O–H groups in total. The summed E-state index contributed by atoms with van der Waals surface area (Å²) < 4.78 is 25.2. The van der Waals surface area contributed by atoms with Gasteiger partial charge in [0, 0.05) is 26.5 Å². The Labute approximate surface area is 212 Å². The second-order valence-corrected chi connectivity index (χ2v) is 8.59. The highest BCUT2D eigenvalue weighted by Crippen LogP contribution is 2.33. The maximum absolute atomic E-state index is 14.0. The van der Waals surface area contributed by atoms with Crippen molar-refractivity contribution in [3.8, 4) is 16.9 Å². The van der Waals surface area contributed by atoms with Crippen LogP contribution in [0.15, 0.2) is 99.1 Å². The van der Waals surface area contributed by atoms with Crippen LogP contribution in [0.25, 0.3) is 22.0 Å². The molecule has 0 spiro atoms. The SMILES string of the molecule is O=C(Oc1ccc(Br)cc1C=NNC(=O)c1[nH]c2ccc(F)cc2c1-c1ccccc1)c1ccco1. The molecule has 0 saturated carbocycles. The van der Waals surface area contributed by atoms with Crippen molar-refractivity contribution in [1.29, 1.82) is 0 Å². The summed E-state index contributed by atoms with van der Waals surface area (Å²) in [5, 5.41) is 4.64. The lowest BCUT2D eigenvalue weighted by molar-refractivity contribution is 0.0700. The van der Waals surface area contributed by atoms with Crippen molar-refractivity contribution in [1.82, 2.24) is 10.4 Å². The van der Waals surface area contributed by atoms with E-state index in [9.17, 15) is 14.0 Å². The third-order valence-corrected chi connectivity index (χ3v) is 5.81. The van der Waals surface area contributed by atoms with Gasteiger partial charge in [-0.3, -0.25) is 4.79 Å². The van der Waals surface area contributed by atoms with Crippen LogP contribution >= 0.6 is 15.9 Å². The van der Waals surface area contributed by atoms with Crippen molar-refractivity contribution in [2.45, 2.75) is 0 Å². The topological polar surface area (TPSA) is 96.7 Å². The number of rotatable bonds is 6. The van der Waals surface area contributed by atoms with Gasteiger partial charge in [0.15, 0.2) is 0 Å². The number of amides is 1. The van der Waals surface area contributed by atoms with Crippen LogP contribution in [0.4, 0.5) is 4.39 Å². The second-order valence-electron chi connectivity index (χ2n) is 7.68. The Kier molecular flexibility index (Phi) is 6.46. The van der Waals surface area contributed by atoms with E-state index in [1.165, 1.54) is 30.7 Å². The van der Waals surface area contributed by atoms with Crippen molar-refractivity contribution in [3.63, 3.8) is 0 Å². The Morgan fingerprint density at radius 1 is 1.03 bits per heavy atom. The maximum Gasteiger partial charge on any atom is 0.379 e. The first-order chi connectivity index (χ1) is 17.5. The Bertz CT molecular complexity index is 1590. The number of fused-ring (bicyclic) bond motifs is 1. The molecule has 5 rings (SSSR count). The summed E-state index contributed by atoms with van der Waals surface area (Å²) in [5.41, 5.74) is 5.09. The molecule has 2 heterocycles. The van der Waals surface area contributed by atoms with Crippen molar-refractivity contribution in [2.75, 3.05) is 0 Å². The Hall–Kier alpha value is -4.50. The molecule has 1 amide bonds. The van der Waals surface area contributed by atoms with Crippen molar-refractivity contribution >= 4 is 44.9 Å². The quantitative estimate of drug-likeness (QED) is 0.113. The fraction of sp³-hybridized carbons (Fsp3) is 0. The molecule has 2 aromatic heterocycles. The molecule has 7 nitrogen and oxygen atoms in total. The largest absolute Gasteiger partial charge is 0.457 e. The lowest BCUT2D eigenvalue weighted by Gasteiger charge is -2.07. The number of benzene rings is 3. The van der Waals surface area contributed by atoms with E-state index in [0.717, 1.165) is 10.0 Å². The van der Waals surface area contributed by atoms with Gasteiger partial charge in [0.25, 0.3) is 5.91 Å². The standard InChI is InChI=1S/C27H17BrFN3O4/c28-18-8-11-22(36-27(34)23-7-4-12-35-23)17(13-18)15-30-32-26(33)25-24(16-5-2-1-3-6-16)20-14-19(29)9-10-21(20)31-25/h1-15,31H,(H,32,33). The minimum Gasteiger partial charge on any atom is -0.457 e. The van der Waals surface area contributed by atoms with E-state index in [4.69, 9.17) is 9.15 Å². The lowest BCUT2D eigenvalue weighted by atomic mass is 10.0. The van der Waals surface area contributed by atoms with Crippen LogP contribution < -0.4 is 10.2 Å². The molecule has 0 radical (unpaired) electrons. The summed E-state index contributed by atoms with van der Waals surface area (Å²) in [6.45, 7) is 0. The Morgan fingerprint density at radius 3 is 2.64 bits per heavy atom. The zero-order valence-electron chi connectivity index (χ0n) is 18.5. The molecular formula is C27H17BrFN3O4. The van der Waals surface area contributed by atoms with Crippen LogP contribution in [0.1, 0.15) is 26.6 Å². The van der Waals surface area contributed by atoms with Crippen LogP contribution in [-0.2, 0) is 0 Å². The molecule has 0 aliphatic carbocycles. The summed E-state index contributed by atoms with van der Waals surface area (Å²) in [6.07, 6.45) is 2.73. The summed E-state index contributed by atoms with van der Waals surface area (Å²) in [5.74, 6) is -1.32. The second kappa shape index (κ2) is 10.0. The summed E-state index contributed by atoms with van der Waals surface area (Å²) in [7, 11) is 0. The van der Waals surface area contributed by atoms with Gasteiger partial charge in [0.1, 0.15) is 17.3 Å². The fourth-order valence-electron chi connectivity index (χ4n) is 3.71. The highest BCUT2D eigenvalue weighted by Gasteiger charge is 2.20. The molecule has 0 atom stereocenters. The van der Waals surface area contributed by atoms with Crippen LogP contribution in [-0.4, -0.2) is 23.1 Å². The van der Waals surface area contributed by atoms with E-state index in [-0.39, 0.29) is 17.2 Å². The van der Waals surface area contributed by atoms with E-state index in [0.29, 0.717) is 22.0 Å². The number of nitrogens with zero attached hydrogens (tertiary/aromatic N) is 1.